The second-order valence-corrected chi connectivity index (χ2v) is 0. The van der Waals surface area contributed by atoms with E-state index >= 15 is 0 Å². The minimum Gasteiger partial charge on any atom is -2.00 e. The smallest absolute Gasteiger partial charge is 2.00 e. The van der Waals surface area contributed by atoms with Gasteiger partial charge < -0.3 is 32.9 Å². The minimum absolute atomic E-state index is 0. The molecule has 0 N–H and O–H groups in total. The quantitative estimate of drug-likeness (QED) is 0.361. The summed E-state index contributed by atoms with van der Waals surface area (Å²) in [4.78, 5) is 0. The topological polar surface area (TPSA) is 171 Å². The summed E-state index contributed by atoms with van der Waals surface area (Å²) in [6.07, 6.45) is 0. The third kappa shape index (κ3) is 81.2. The second kappa shape index (κ2) is 104. The molecule has 0 spiro atoms. The Kier molecular flexibility index (Phi) is 1340. The first-order chi connectivity index (χ1) is 0. The molecular weight excluding hydrogens is 511 g/mol. The molecule has 0 unspecified atom stereocenters. The van der Waals surface area contributed by atoms with Crippen molar-refractivity contribution in [2.24, 2.45) is 0 Å². The third-order valence-corrected chi connectivity index (χ3v) is 0. The van der Waals surface area contributed by atoms with Crippen LogP contribution in [0.25, 0.3) is 0 Å². The van der Waals surface area contributed by atoms with Gasteiger partial charge in [0.05, 0.1) is 0 Å². The van der Waals surface area contributed by atoms with Gasteiger partial charge in [-0.1, -0.05) is 0 Å². The summed E-state index contributed by atoms with van der Waals surface area (Å²) in [6.45, 7) is 0. The van der Waals surface area contributed by atoms with E-state index in [4.69, 9.17) is 0 Å². The summed E-state index contributed by atoms with van der Waals surface area (Å²) in [6, 6.07) is 0. The van der Waals surface area contributed by atoms with Gasteiger partial charge in [0, 0.05) is 0 Å². The van der Waals surface area contributed by atoms with E-state index in [9.17, 15) is 0 Å². The van der Waals surface area contributed by atoms with Crippen LogP contribution < -0.4 is 0 Å². The Morgan fingerprint density at radius 2 is 0.500 bits per heavy atom. The van der Waals surface area contributed by atoms with E-state index in [1.807, 2.05) is 0 Å². The standard InChI is InChI=1S/Ce.La.6O.Sr.Ti/q2*+3;6*-2;+2;+4. The maximum absolute atomic E-state index is 0. The fraction of sp³-hybridized carbons (Fsp3) is 0. The van der Waals surface area contributed by atoms with E-state index in [1.165, 1.54) is 0 Å². The van der Waals surface area contributed by atoms with Crippen LogP contribution in [0.1, 0.15) is 0 Å². The molecule has 0 amide bonds. The molecule has 0 aromatic rings. The van der Waals surface area contributed by atoms with Crippen LogP contribution in [0.5, 0.6) is 0 Å². The van der Waals surface area contributed by atoms with Crippen molar-refractivity contribution in [3.8, 4) is 0 Å². The Balaban J connectivity index is 0. The molecule has 0 rings (SSSR count). The second-order valence-electron chi connectivity index (χ2n) is 0. The van der Waals surface area contributed by atoms with Crippen LogP contribution in [0.3, 0.4) is 0 Å². The average molecular weight is 511 g/mol. The molecule has 0 saturated heterocycles. The van der Waals surface area contributed by atoms with Crippen LogP contribution >= 0.6 is 0 Å². The van der Waals surface area contributed by atoms with Crippen LogP contribution in [0, 0.1) is 77.3 Å². The van der Waals surface area contributed by atoms with Gasteiger partial charge in [-0.25, -0.2) is 0 Å². The Morgan fingerprint density at radius 3 is 0.500 bits per heavy atom. The van der Waals surface area contributed by atoms with Gasteiger partial charge in [0.1, 0.15) is 0 Å². The summed E-state index contributed by atoms with van der Waals surface area (Å²) < 4.78 is 0. The maximum atomic E-state index is 0. The monoisotopic (exact) mass is 511 g/mol. The normalized spacial score (nSPS) is 0. The molecule has 0 aliphatic heterocycles. The van der Waals surface area contributed by atoms with E-state index < -0.39 is 0 Å². The maximum Gasteiger partial charge on any atom is 4.00 e. The molecule has 0 bridgehead atoms. The zero-order valence-corrected chi connectivity index (χ0v) is 16.5. The predicted molar refractivity (Wildman–Crippen MR) is 9.87 cm³/mol. The largest absolute Gasteiger partial charge is 4.00 e. The van der Waals surface area contributed by atoms with Crippen molar-refractivity contribution in [1.82, 2.24) is 0 Å². The first-order valence-corrected chi connectivity index (χ1v) is 0. The Hall–Kier alpha value is 4.53. The van der Waals surface area contributed by atoms with Crippen molar-refractivity contribution < 1.29 is 132 Å². The van der Waals surface area contributed by atoms with Crippen molar-refractivity contribution in [2.45, 2.75) is 0 Å². The van der Waals surface area contributed by atoms with Crippen LogP contribution in [0.2, 0.25) is 0 Å². The molecule has 0 heterocycles. The van der Waals surface area contributed by atoms with Crippen molar-refractivity contribution in [2.75, 3.05) is 0 Å². The molecule has 10 heavy (non-hydrogen) atoms. The Labute approximate surface area is 173 Å². The summed E-state index contributed by atoms with van der Waals surface area (Å²) >= 11 is 0. The summed E-state index contributed by atoms with van der Waals surface area (Å²) in [5, 5.41) is 0. The molecule has 0 saturated carbocycles. The zero-order valence-electron chi connectivity index (χ0n) is 4.73. The van der Waals surface area contributed by atoms with Crippen molar-refractivity contribution in [3.63, 3.8) is 0 Å². The van der Waals surface area contributed by atoms with Crippen molar-refractivity contribution in [3.05, 3.63) is 0 Å². The van der Waals surface area contributed by atoms with E-state index in [0.717, 1.165) is 0 Å². The first-order valence-electron chi connectivity index (χ1n) is 0. The van der Waals surface area contributed by atoms with Gasteiger partial charge >= 0.3 is 145 Å². The van der Waals surface area contributed by atoms with Gasteiger partial charge in [-0.05, 0) is 0 Å². The molecule has 1 radical (unpaired) electrons. The predicted octanol–water partition coefficient (Wildman–Crippen LogP) is -1.10. The molecule has 0 atom stereocenters. The van der Waals surface area contributed by atoms with Gasteiger partial charge in [0.2, 0.25) is 0 Å². The third-order valence-electron chi connectivity index (χ3n) is 0. The molecule has 10 heteroatoms. The van der Waals surface area contributed by atoms with E-state index in [0.29, 0.717) is 0 Å². The molecule has 0 fully saturated rings. The fourth-order valence-electron chi connectivity index (χ4n) is 0. The van der Waals surface area contributed by atoms with Crippen LogP contribution in [0.15, 0.2) is 0 Å². The molecule has 0 aromatic carbocycles. The number of hydrogen-bond acceptors (Lipinski definition) is 0. The fourth-order valence-corrected chi connectivity index (χ4v) is 0. The first kappa shape index (κ1) is 130. The van der Waals surface area contributed by atoms with Gasteiger partial charge in [-0.3, -0.25) is 0 Å². The molecule has 0 aliphatic rings. The number of rotatable bonds is 0. The molecule has 0 aliphatic carbocycles. The SMILES string of the molecule is [Ce+3].[La+3].[O-2].[O-2].[O-2].[O-2].[O-2].[O-2].[Sr+2].[Ti+4]. The van der Waals surface area contributed by atoms with E-state index in [1.54, 1.807) is 0 Å². The van der Waals surface area contributed by atoms with Gasteiger partial charge in [-0.15, -0.1) is 0 Å². The summed E-state index contributed by atoms with van der Waals surface area (Å²) in [5.74, 6) is 0. The molecule has 49 valence electrons. The Bertz CT molecular complexity index is 17.7. The van der Waals surface area contributed by atoms with Gasteiger partial charge in [-0.2, -0.15) is 0 Å². The zero-order chi connectivity index (χ0) is 0. The Morgan fingerprint density at radius 1 is 0.500 bits per heavy atom. The number of hydrogen-bond donors (Lipinski definition) is 0. The van der Waals surface area contributed by atoms with Crippen LogP contribution in [0.4, 0.5) is 0 Å². The van der Waals surface area contributed by atoms with Crippen LogP contribution in [-0.4, -0.2) is 45.5 Å². The van der Waals surface area contributed by atoms with Crippen LogP contribution in [-0.2, 0) is 54.6 Å². The van der Waals surface area contributed by atoms with E-state index in [-0.39, 0.29) is 177 Å². The summed E-state index contributed by atoms with van der Waals surface area (Å²) in [5.41, 5.74) is 0. The summed E-state index contributed by atoms with van der Waals surface area (Å²) in [7, 11) is 0. The molecule has 0 aromatic heterocycles. The van der Waals surface area contributed by atoms with E-state index in [2.05, 4.69) is 0 Å². The van der Waals surface area contributed by atoms with Gasteiger partial charge in [0.15, 0.2) is 0 Å². The molecule has 6 nitrogen and oxygen atoms in total. The molecular formula is CeLaO6SrTi. The van der Waals surface area contributed by atoms with Crippen molar-refractivity contribution in [1.29, 1.82) is 0 Å². The van der Waals surface area contributed by atoms with Crippen molar-refractivity contribution >= 4 is 45.5 Å². The minimum atomic E-state index is 0. The average Bonchev–Trinajstić information content (AvgIpc) is 0. The van der Waals surface area contributed by atoms with Gasteiger partial charge in [0.25, 0.3) is 0 Å².